The Balaban J connectivity index is 1.98. The van der Waals surface area contributed by atoms with Gasteiger partial charge in [-0.15, -0.1) is 0 Å². The van der Waals surface area contributed by atoms with Gasteiger partial charge >= 0.3 is 0 Å². The first-order valence-electron chi connectivity index (χ1n) is 7.23. The second-order valence-electron chi connectivity index (χ2n) is 5.17. The van der Waals surface area contributed by atoms with E-state index in [-0.39, 0.29) is 11.9 Å². The van der Waals surface area contributed by atoms with E-state index in [0.29, 0.717) is 17.9 Å². The Hall–Kier alpha value is -1.88. The zero-order valence-corrected chi connectivity index (χ0v) is 12.8. The first-order valence-corrected chi connectivity index (χ1v) is 7.23. The van der Waals surface area contributed by atoms with Gasteiger partial charge in [-0.25, -0.2) is 4.39 Å². The summed E-state index contributed by atoms with van der Waals surface area (Å²) in [5.41, 5.74) is 1.62. The van der Waals surface area contributed by atoms with E-state index in [1.54, 1.807) is 23.0 Å². The van der Waals surface area contributed by atoms with Gasteiger partial charge < -0.3 is 10.1 Å². The van der Waals surface area contributed by atoms with E-state index in [4.69, 9.17) is 4.74 Å². The summed E-state index contributed by atoms with van der Waals surface area (Å²) in [6.45, 7) is 5.31. The van der Waals surface area contributed by atoms with Gasteiger partial charge in [0.25, 0.3) is 0 Å². The largest absolute Gasteiger partial charge is 0.489 e. The topological polar surface area (TPSA) is 39.1 Å². The third kappa shape index (κ3) is 4.29. The lowest BCUT2D eigenvalue weighted by Crippen LogP contribution is -2.20. The van der Waals surface area contributed by atoms with E-state index in [0.717, 1.165) is 18.5 Å². The maximum atomic E-state index is 14.1. The van der Waals surface area contributed by atoms with Crippen molar-refractivity contribution in [3.8, 4) is 5.75 Å². The number of hydrogen-bond acceptors (Lipinski definition) is 3. The lowest BCUT2D eigenvalue weighted by Gasteiger charge is -2.15. The minimum absolute atomic E-state index is 0.00248. The molecule has 114 valence electrons. The number of aromatic nitrogens is 2. The van der Waals surface area contributed by atoms with E-state index in [9.17, 15) is 4.39 Å². The van der Waals surface area contributed by atoms with Crippen molar-refractivity contribution >= 4 is 0 Å². The van der Waals surface area contributed by atoms with E-state index in [2.05, 4.69) is 17.3 Å². The van der Waals surface area contributed by atoms with Crippen molar-refractivity contribution in [2.24, 2.45) is 7.05 Å². The van der Waals surface area contributed by atoms with Crippen molar-refractivity contribution in [2.45, 2.75) is 32.9 Å². The molecular weight excluding hydrogens is 269 g/mol. The second-order valence-corrected chi connectivity index (χ2v) is 5.17. The molecule has 0 radical (unpaired) electrons. The van der Waals surface area contributed by atoms with Gasteiger partial charge in [-0.05, 0) is 26.0 Å². The van der Waals surface area contributed by atoms with E-state index >= 15 is 0 Å². The van der Waals surface area contributed by atoms with Gasteiger partial charge in [-0.1, -0.05) is 13.0 Å². The quantitative estimate of drug-likeness (QED) is 0.851. The van der Waals surface area contributed by atoms with Crippen molar-refractivity contribution in [1.29, 1.82) is 0 Å². The summed E-state index contributed by atoms with van der Waals surface area (Å²) in [5, 5.41) is 7.34. The van der Waals surface area contributed by atoms with Crippen LogP contribution in [0.1, 0.15) is 37.4 Å². The minimum atomic E-state index is -0.241. The first kappa shape index (κ1) is 15.5. The number of rotatable bonds is 7. The maximum absolute atomic E-state index is 14.1. The number of ether oxygens (including phenoxy) is 1. The van der Waals surface area contributed by atoms with Crippen molar-refractivity contribution in [1.82, 2.24) is 15.1 Å². The average molecular weight is 291 g/mol. The van der Waals surface area contributed by atoms with E-state index in [1.807, 2.05) is 20.2 Å². The fourth-order valence-corrected chi connectivity index (χ4v) is 2.13. The van der Waals surface area contributed by atoms with Gasteiger partial charge in [0.15, 0.2) is 0 Å². The lowest BCUT2D eigenvalue weighted by atomic mass is 10.1. The molecule has 0 spiro atoms. The molecule has 21 heavy (non-hydrogen) atoms. The summed E-state index contributed by atoms with van der Waals surface area (Å²) in [6, 6.07) is 5.02. The monoisotopic (exact) mass is 291 g/mol. The van der Waals surface area contributed by atoms with Crippen LogP contribution in [0.25, 0.3) is 0 Å². The predicted octanol–water partition coefficient (Wildman–Crippen LogP) is 3.20. The van der Waals surface area contributed by atoms with Crippen LogP contribution in [-0.2, 0) is 13.7 Å². The minimum Gasteiger partial charge on any atom is -0.489 e. The molecule has 1 aromatic carbocycles. The molecule has 1 unspecified atom stereocenters. The van der Waals surface area contributed by atoms with Crippen molar-refractivity contribution in [2.75, 3.05) is 6.54 Å². The van der Waals surface area contributed by atoms with Crippen LogP contribution in [-0.4, -0.2) is 16.3 Å². The van der Waals surface area contributed by atoms with E-state index in [1.165, 1.54) is 6.07 Å². The number of nitrogens with one attached hydrogen (secondary N) is 1. The molecule has 0 saturated heterocycles. The molecule has 4 nitrogen and oxygen atoms in total. The number of benzene rings is 1. The maximum Gasteiger partial charge on any atom is 0.131 e. The zero-order chi connectivity index (χ0) is 15.2. The van der Waals surface area contributed by atoms with Crippen LogP contribution in [0, 0.1) is 5.82 Å². The third-order valence-electron chi connectivity index (χ3n) is 3.30. The molecule has 0 aliphatic carbocycles. The van der Waals surface area contributed by atoms with Gasteiger partial charge in [0.05, 0.1) is 6.20 Å². The van der Waals surface area contributed by atoms with Gasteiger partial charge in [-0.3, -0.25) is 4.68 Å². The van der Waals surface area contributed by atoms with Crippen LogP contribution in [0.4, 0.5) is 4.39 Å². The van der Waals surface area contributed by atoms with Gasteiger partial charge in [0, 0.05) is 36.5 Å². The molecule has 1 N–H and O–H groups in total. The van der Waals surface area contributed by atoms with Gasteiger partial charge in [0.1, 0.15) is 18.2 Å². The zero-order valence-electron chi connectivity index (χ0n) is 12.8. The van der Waals surface area contributed by atoms with Crippen molar-refractivity contribution in [3.63, 3.8) is 0 Å². The van der Waals surface area contributed by atoms with Crippen LogP contribution < -0.4 is 10.1 Å². The van der Waals surface area contributed by atoms with Gasteiger partial charge in [-0.2, -0.15) is 5.10 Å². The third-order valence-corrected chi connectivity index (χ3v) is 3.30. The molecule has 1 atom stereocenters. The predicted molar refractivity (Wildman–Crippen MR) is 80.6 cm³/mol. The number of nitrogens with zero attached hydrogens (tertiary/aromatic N) is 2. The fourth-order valence-electron chi connectivity index (χ4n) is 2.13. The molecule has 0 aliphatic rings. The molecule has 0 saturated carbocycles. The second kappa shape index (κ2) is 7.22. The molecule has 0 aliphatic heterocycles. The van der Waals surface area contributed by atoms with E-state index < -0.39 is 0 Å². The smallest absolute Gasteiger partial charge is 0.131 e. The van der Waals surface area contributed by atoms with Crippen molar-refractivity contribution < 1.29 is 9.13 Å². The molecule has 0 bridgehead atoms. The standard InChI is InChI=1S/C16H22FN3O/c1-4-7-18-12(2)15-6-5-14(8-16(15)17)21-11-13-9-19-20(3)10-13/h5-6,8-10,12,18H,4,7,11H2,1-3H3. The normalized spacial score (nSPS) is 12.4. The Kier molecular flexibility index (Phi) is 5.33. The highest BCUT2D eigenvalue weighted by Gasteiger charge is 2.11. The molecule has 1 heterocycles. The van der Waals surface area contributed by atoms with Gasteiger partial charge in [0.2, 0.25) is 0 Å². The summed E-state index contributed by atoms with van der Waals surface area (Å²) in [4.78, 5) is 0. The highest BCUT2D eigenvalue weighted by atomic mass is 19.1. The molecule has 1 aromatic heterocycles. The number of aryl methyl sites for hydroxylation is 1. The highest BCUT2D eigenvalue weighted by Crippen LogP contribution is 2.22. The Labute approximate surface area is 124 Å². The highest BCUT2D eigenvalue weighted by molar-refractivity contribution is 5.30. The summed E-state index contributed by atoms with van der Waals surface area (Å²) in [6.07, 6.45) is 4.64. The van der Waals surface area contributed by atoms with Crippen LogP contribution in [0.5, 0.6) is 5.75 Å². The SMILES string of the molecule is CCCNC(C)c1ccc(OCc2cnn(C)c2)cc1F. The first-order chi connectivity index (χ1) is 10.1. The summed E-state index contributed by atoms with van der Waals surface area (Å²) >= 11 is 0. The van der Waals surface area contributed by atoms with Crippen LogP contribution >= 0.6 is 0 Å². The lowest BCUT2D eigenvalue weighted by molar-refractivity contribution is 0.304. The fraction of sp³-hybridized carbons (Fsp3) is 0.438. The summed E-state index contributed by atoms with van der Waals surface area (Å²) in [7, 11) is 1.85. The van der Waals surface area contributed by atoms with Crippen LogP contribution in [0.2, 0.25) is 0 Å². The van der Waals surface area contributed by atoms with Crippen LogP contribution in [0.3, 0.4) is 0 Å². The molecule has 0 amide bonds. The average Bonchev–Trinajstić information content (AvgIpc) is 2.88. The summed E-state index contributed by atoms with van der Waals surface area (Å²) in [5.74, 6) is 0.289. The molecule has 5 heteroatoms. The Bertz CT molecular complexity index is 583. The molecule has 0 fully saturated rings. The Morgan fingerprint density at radius 1 is 1.43 bits per heavy atom. The van der Waals surface area contributed by atoms with Crippen LogP contribution in [0.15, 0.2) is 30.6 Å². The molecule has 2 rings (SSSR count). The molecular formula is C16H22FN3O. The van der Waals surface area contributed by atoms with Crippen molar-refractivity contribution in [3.05, 3.63) is 47.5 Å². The summed E-state index contributed by atoms with van der Waals surface area (Å²) < 4.78 is 21.4. The Morgan fingerprint density at radius 2 is 2.24 bits per heavy atom. The number of hydrogen-bond donors (Lipinski definition) is 1. The Morgan fingerprint density at radius 3 is 2.86 bits per heavy atom. The number of halogens is 1. The molecule has 2 aromatic rings.